The van der Waals surface area contributed by atoms with Crippen LogP contribution >= 0.6 is 0 Å². The van der Waals surface area contributed by atoms with E-state index in [9.17, 15) is 4.79 Å². The second-order valence-electron chi connectivity index (χ2n) is 6.65. The molecule has 4 heteroatoms. The first-order chi connectivity index (χ1) is 12.8. The Balaban J connectivity index is 1.56. The molecule has 1 saturated heterocycles. The summed E-state index contributed by atoms with van der Waals surface area (Å²) in [7, 11) is 0. The van der Waals surface area contributed by atoms with Gasteiger partial charge in [0.25, 0.3) is 0 Å². The van der Waals surface area contributed by atoms with Crippen LogP contribution in [0, 0.1) is 0 Å². The predicted molar refractivity (Wildman–Crippen MR) is 102 cm³/mol. The number of hydrogen-bond acceptors (Lipinski definition) is 4. The Morgan fingerprint density at radius 3 is 2.54 bits per heavy atom. The first kappa shape index (κ1) is 18.5. The largest absolute Gasteiger partial charge is 0.489 e. The van der Waals surface area contributed by atoms with Crippen molar-refractivity contribution in [1.29, 1.82) is 0 Å². The summed E-state index contributed by atoms with van der Waals surface area (Å²) in [6.45, 7) is 4.57. The fraction of sp³-hybridized carbons (Fsp3) is 0.409. The molecule has 1 fully saturated rings. The van der Waals surface area contributed by atoms with Gasteiger partial charge in [0.1, 0.15) is 18.4 Å². The molecule has 0 spiro atoms. The Labute approximate surface area is 155 Å². The number of likely N-dealkylation sites (tertiary alicyclic amines) is 1. The Kier molecular flexibility index (Phi) is 6.67. The van der Waals surface area contributed by atoms with Gasteiger partial charge in [0.2, 0.25) is 0 Å². The van der Waals surface area contributed by atoms with Crippen LogP contribution < -0.4 is 4.74 Å². The number of benzene rings is 2. The monoisotopic (exact) mass is 353 g/mol. The van der Waals surface area contributed by atoms with Crippen molar-refractivity contribution in [3.8, 4) is 5.75 Å². The third kappa shape index (κ3) is 5.09. The summed E-state index contributed by atoms with van der Waals surface area (Å²) in [6.07, 6.45) is 3.11. The lowest BCUT2D eigenvalue weighted by Crippen LogP contribution is -2.44. The molecule has 3 rings (SSSR count). The van der Waals surface area contributed by atoms with Gasteiger partial charge in [-0.3, -0.25) is 9.69 Å². The summed E-state index contributed by atoms with van der Waals surface area (Å²) in [5, 5.41) is 0. The number of piperidine rings is 1. The van der Waals surface area contributed by atoms with Crippen molar-refractivity contribution in [1.82, 2.24) is 4.90 Å². The molecule has 0 saturated carbocycles. The highest BCUT2D eigenvalue weighted by Crippen LogP contribution is 2.22. The van der Waals surface area contributed by atoms with Crippen LogP contribution in [-0.4, -0.2) is 30.1 Å². The van der Waals surface area contributed by atoms with E-state index >= 15 is 0 Å². The number of hydrogen-bond donors (Lipinski definition) is 0. The molecular weight excluding hydrogens is 326 g/mol. The van der Waals surface area contributed by atoms with Gasteiger partial charge < -0.3 is 9.47 Å². The second-order valence-corrected chi connectivity index (χ2v) is 6.65. The van der Waals surface area contributed by atoms with E-state index in [1.807, 2.05) is 37.3 Å². The number of nitrogens with zero attached hydrogens (tertiary/aromatic N) is 1. The molecule has 138 valence electrons. The molecule has 1 aliphatic heterocycles. The van der Waals surface area contributed by atoms with E-state index in [2.05, 4.69) is 29.2 Å². The zero-order valence-electron chi connectivity index (χ0n) is 15.4. The van der Waals surface area contributed by atoms with Crippen molar-refractivity contribution in [2.45, 2.75) is 45.4 Å². The maximum absolute atomic E-state index is 12.2. The van der Waals surface area contributed by atoms with Crippen LogP contribution in [0.2, 0.25) is 0 Å². The maximum Gasteiger partial charge on any atom is 0.323 e. The molecule has 2 aromatic carbocycles. The Morgan fingerprint density at radius 2 is 1.81 bits per heavy atom. The van der Waals surface area contributed by atoms with Crippen LogP contribution in [-0.2, 0) is 22.7 Å². The van der Waals surface area contributed by atoms with Crippen LogP contribution in [0.1, 0.15) is 37.3 Å². The molecule has 0 N–H and O–H groups in total. The van der Waals surface area contributed by atoms with Gasteiger partial charge in [-0.15, -0.1) is 0 Å². The molecule has 0 aliphatic carbocycles. The predicted octanol–water partition coefficient (Wildman–Crippen LogP) is 4.18. The van der Waals surface area contributed by atoms with Gasteiger partial charge in [-0.1, -0.05) is 48.9 Å². The van der Waals surface area contributed by atoms with Crippen molar-refractivity contribution in [3.05, 3.63) is 65.7 Å². The van der Waals surface area contributed by atoms with Crippen molar-refractivity contribution >= 4 is 5.97 Å². The van der Waals surface area contributed by atoms with Crippen LogP contribution in [0.25, 0.3) is 0 Å². The molecule has 1 aliphatic rings. The Hall–Kier alpha value is -2.33. The van der Waals surface area contributed by atoms with Crippen molar-refractivity contribution in [3.63, 3.8) is 0 Å². The molecule has 0 radical (unpaired) electrons. The van der Waals surface area contributed by atoms with E-state index in [0.717, 1.165) is 43.7 Å². The number of carbonyl (C=O) groups is 1. The minimum atomic E-state index is -0.113. The Bertz CT molecular complexity index is 684. The van der Waals surface area contributed by atoms with Crippen molar-refractivity contribution in [2.24, 2.45) is 0 Å². The van der Waals surface area contributed by atoms with Gasteiger partial charge in [-0.25, -0.2) is 0 Å². The van der Waals surface area contributed by atoms with E-state index < -0.39 is 0 Å². The molecule has 0 bridgehead atoms. The summed E-state index contributed by atoms with van der Waals surface area (Å²) in [5.41, 5.74) is 2.34. The summed E-state index contributed by atoms with van der Waals surface area (Å²) in [5.74, 6) is 0.771. The lowest BCUT2D eigenvalue weighted by atomic mass is 10.0. The molecule has 26 heavy (non-hydrogen) atoms. The van der Waals surface area contributed by atoms with Gasteiger partial charge in [-0.2, -0.15) is 0 Å². The van der Waals surface area contributed by atoms with Gasteiger partial charge in [-0.05, 0) is 49.6 Å². The standard InChI is InChI=1S/C22H27NO3/c1-2-25-22(24)21-10-6-7-15-23(21)16-18-11-13-20(14-12-18)26-17-19-8-4-3-5-9-19/h3-5,8-9,11-14,21H,2,6-7,10,15-17H2,1H3. The van der Waals surface area contributed by atoms with Crippen LogP contribution in [0.5, 0.6) is 5.75 Å². The molecular formula is C22H27NO3. The smallest absolute Gasteiger partial charge is 0.323 e. The summed E-state index contributed by atoms with van der Waals surface area (Å²) >= 11 is 0. The SMILES string of the molecule is CCOC(=O)C1CCCCN1Cc1ccc(OCc2ccccc2)cc1. The highest BCUT2D eigenvalue weighted by Gasteiger charge is 2.29. The lowest BCUT2D eigenvalue weighted by Gasteiger charge is -2.33. The number of carbonyl (C=O) groups excluding carboxylic acids is 1. The van der Waals surface area contributed by atoms with E-state index in [4.69, 9.17) is 9.47 Å². The zero-order chi connectivity index (χ0) is 18.2. The summed E-state index contributed by atoms with van der Waals surface area (Å²) < 4.78 is 11.1. The normalized spacial score (nSPS) is 17.7. The number of ether oxygens (including phenoxy) is 2. The average molecular weight is 353 g/mol. The van der Waals surface area contributed by atoms with Gasteiger partial charge in [0.05, 0.1) is 6.61 Å². The number of rotatable bonds is 7. The molecule has 2 aromatic rings. The number of esters is 1. The first-order valence-electron chi connectivity index (χ1n) is 9.42. The second kappa shape index (κ2) is 9.39. The van der Waals surface area contributed by atoms with Gasteiger partial charge in [0.15, 0.2) is 0 Å². The first-order valence-corrected chi connectivity index (χ1v) is 9.42. The quantitative estimate of drug-likeness (QED) is 0.700. The topological polar surface area (TPSA) is 38.8 Å². The van der Waals surface area contributed by atoms with E-state index in [1.54, 1.807) is 0 Å². The Morgan fingerprint density at radius 1 is 1.04 bits per heavy atom. The van der Waals surface area contributed by atoms with Gasteiger partial charge >= 0.3 is 5.97 Å². The molecule has 0 aromatic heterocycles. The fourth-order valence-electron chi connectivity index (χ4n) is 3.35. The molecule has 1 atom stereocenters. The van der Waals surface area contributed by atoms with E-state index in [-0.39, 0.29) is 12.0 Å². The average Bonchev–Trinajstić information content (AvgIpc) is 2.69. The third-order valence-electron chi connectivity index (χ3n) is 4.73. The molecule has 1 unspecified atom stereocenters. The molecule has 4 nitrogen and oxygen atoms in total. The summed E-state index contributed by atoms with van der Waals surface area (Å²) in [6, 6.07) is 18.2. The minimum Gasteiger partial charge on any atom is -0.489 e. The summed E-state index contributed by atoms with van der Waals surface area (Å²) in [4.78, 5) is 14.4. The van der Waals surface area contributed by atoms with E-state index in [1.165, 1.54) is 5.56 Å². The lowest BCUT2D eigenvalue weighted by molar-refractivity contribution is -0.151. The molecule has 0 amide bonds. The van der Waals surface area contributed by atoms with Crippen molar-refractivity contribution in [2.75, 3.05) is 13.2 Å². The zero-order valence-corrected chi connectivity index (χ0v) is 15.4. The van der Waals surface area contributed by atoms with Crippen LogP contribution in [0.3, 0.4) is 0 Å². The highest BCUT2D eigenvalue weighted by atomic mass is 16.5. The van der Waals surface area contributed by atoms with E-state index in [0.29, 0.717) is 13.2 Å². The molecule has 1 heterocycles. The van der Waals surface area contributed by atoms with Gasteiger partial charge in [0, 0.05) is 6.54 Å². The minimum absolute atomic E-state index is 0.0879. The third-order valence-corrected chi connectivity index (χ3v) is 4.73. The van der Waals surface area contributed by atoms with Crippen molar-refractivity contribution < 1.29 is 14.3 Å². The highest BCUT2D eigenvalue weighted by molar-refractivity contribution is 5.75. The van der Waals surface area contributed by atoms with Crippen LogP contribution in [0.15, 0.2) is 54.6 Å². The fourth-order valence-corrected chi connectivity index (χ4v) is 3.35. The van der Waals surface area contributed by atoms with Crippen LogP contribution in [0.4, 0.5) is 0 Å². The maximum atomic E-state index is 12.2.